The Morgan fingerprint density at radius 1 is 0.967 bits per heavy atom. The molecule has 1 aromatic carbocycles. The van der Waals surface area contributed by atoms with Crippen LogP contribution in [-0.2, 0) is 4.79 Å². The maximum Gasteiger partial charge on any atom is 0.224 e. The van der Waals surface area contributed by atoms with E-state index in [1.165, 1.54) is 18.5 Å². The quantitative estimate of drug-likeness (QED) is 0.731. The Labute approximate surface area is 178 Å². The molecule has 1 saturated carbocycles. The van der Waals surface area contributed by atoms with Crippen molar-refractivity contribution in [3.05, 3.63) is 24.5 Å². The summed E-state index contributed by atoms with van der Waals surface area (Å²) in [6, 6.07) is 6.44. The second kappa shape index (κ2) is 8.76. The van der Waals surface area contributed by atoms with Crippen LogP contribution in [0.2, 0.25) is 0 Å². The minimum atomic E-state index is 0.290. The van der Waals surface area contributed by atoms with Gasteiger partial charge in [-0.05, 0) is 50.3 Å². The molecule has 2 aliphatic heterocycles. The van der Waals surface area contributed by atoms with Crippen LogP contribution in [0.4, 0.5) is 5.69 Å². The molecule has 3 heterocycles. The summed E-state index contributed by atoms with van der Waals surface area (Å²) in [6.45, 7) is 6.81. The fourth-order valence-corrected chi connectivity index (χ4v) is 4.91. The Morgan fingerprint density at radius 2 is 1.80 bits per heavy atom. The number of fused-ring (bicyclic) bond motifs is 1. The van der Waals surface area contributed by atoms with Crippen molar-refractivity contribution in [1.82, 2.24) is 19.8 Å². The number of piperazine rings is 1. The van der Waals surface area contributed by atoms with Gasteiger partial charge < -0.3 is 14.5 Å². The maximum atomic E-state index is 11.8. The molecule has 160 valence electrons. The molecule has 5 rings (SSSR count). The normalized spacial score (nSPS) is 21.1. The standard InChI is InChI=1S/C23H31N5O2/c29-22-6-3-9-28(22)15-12-26-10-13-27(14-11-26)18-7-8-21-20(16-18)23(25-17-24-21)30-19-4-1-2-5-19/h7-8,16-17,19H,1-6,9-15H2. The lowest BCUT2D eigenvalue weighted by molar-refractivity contribution is -0.127. The number of aromatic nitrogens is 2. The van der Waals surface area contributed by atoms with Crippen molar-refractivity contribution < 1.29 is 9.53 Å². The van der Waals surface area contributed by atoms with Gasteiger partial charge in [-0.3, -0.25) is 9.69 Å². The van der Waals surface area contributed by atoms with Gasteiger partial charge in [-0.1, -0.05) is 0 Å². The third kappa shape index (κ3) is 4.21. The van der Waals surface area contributed by atoms with Crippen molar-refractivity contribution in [3.63, 3.8) is 0 Å². The molecule has 0 N–H and O–H groups in total. The summed E-state index contributed by atoms with van der Waals surface area (Å²) in [4.78, 5) is 27.6. The first-order chi connectivity index (χ1) is 14.8. The Morgan fingerprint density at radius 3 is 2.57 bits per heavy atom. The second-order valence-electron chi connectivity index (χ2n) is 8.72. The van der Waals surface area contributed by atoms with Gasteiger partial charge >= 0.3 is 0 Å². The first kappa shape index (κ1) is 19.5. The van der Waals surface area contributed by atoms with Crippen LogP contribution < -0.4 is 9.64 Å². The van der Waals surface area contributed by atoms with E-state index in [2.05, 4.69) is 38.0 Å². The predicted octanol–water partition coefficient (Wildman–Crippen LogP) is 2.70. The first-order valence-electron chi connectivity index (χ1n) is 11.4. The van der Waals surface area contributed by atoms with Crippen LogP contribution in [0.1, 0.15) is 38.5 Å². The van der Waals surface area contributed by atoms with E-state index in [-0.39, 0.29) is 6.10 Å². The van der Waals surface area contributed by atoms with Crippen molar-refractivity contribution in [2.75, 3.05) is 50.7 Å². The van der Waals surface area contributed by atoms with E-state index < -0.39 is 0 Å². The number of hydrogen-bond donors (Lipinski definition) is 0. The summed E-state index contributed by atoms with van der Waals surface area (Å²) in [5, 5.41) is 1.01. The number of carbonyl (C=O) groups is 1. The molecule has 1 amide bonds. The minimum Gasteiger partial charge on any atom is -0.474 e. The average molecular weight is 410 g/mol. The van der Waals surface area contributed by atoms with Crippen LogP contribution in [0, 0.1) is 0 Å². The number of carbonyl (C=O) groups excluding carboxylic acids is 1. The highest BCUT2D eigenvalue weighted by Gasteiger charge is 2.23. The highest BCUT2D eigenvalue weighted by Crippen LogP contribution is 2.30. The number of nitrogens with zero attached hydrogens (tertiary/aromatic N) is 5. The molecule has 0 bridgehead atoms. The van der Waals surface area contributed by atoms with E-state index >= 15 is 0 Å². The van der Waals surface area contributed by atoms with E-state index in [1.54, 1.807) is 6.33 Å². The Balaban J connectivity index is 1.22. The summed E-state index contributed by atoms with van der Waals surface area (Å²) >= 11 is 0. The average Bonchev–Trinajstić information content (AvgIpc) is 3.44. The second-order valence-corrected chi connectivity index (χ2v) is 8.72. The van der Waals surface area contributed by atoms with E-state index in [1.807, 2.05) is 4.90 Å². The van der Waals surface area contributed by atoms with Gasteiger partial charge in [-0.2, -0.15) is 0 Å². The van der Waals surface area contributed by atoms with E-state index in [4.69, 9.17) is 4.74 Å². The zero-order chi connectivity index (χ0) is 20.3. The van der Waals surface area contributed by atoms with Crippen LogP contribution >= 0.6 is 0 Å². The maximum absolute atomic E-state index is 11.8. The molecule has 3 fully saturated rings. The minimum absolute atomic E-state index is 0.290. The lowest BCUT2D eigenvalue weighted by Gasteiger charge is -2.36. The summed E-state index contributed by atoms with van der Waals surface area (Å²) in [7, 11) is 0. The summed E-state index contributed by atoms with van der Waals surface area (Å²) < 4.78 is 6.23. The molecule has 0 spiro atoms. The number of rotatable bonds is 6. The number of likely N-dealkylation sites (tertiary alicyclic amines) is 1. The molecule has 0 atom stereocenters. The molecule has 0 radical (unpaired) electrons. The molecule has 3 aliphatic rings. The zero-order valence-corrected chi connectivity index (χ0v) is 17.6. The van der Waals surface area contributed by atoms with Crippen LogP contribution in [0.15, 0.2) is 24.5 Å². The van der Waals surface area contributed by atoms with Crippen molar-refractivity contribution in [1.29, 1.82) is 0 Å². The van der Waals surface area contributed by atoms with Gasteiger partial charge in [0.05, 0.1) is 10.9 Å². The monoisotopic (exact) mass is 409 g/mol. The number of ether oxygens (including phenoxy) is 1. The third-order valence-corrected chi connectivity index (χ3v) is 6.76. The van der Waals surface area contributed by atoms with E-state index in [0.29, 0.717) is 5.91 Å². The molecular formula is C23H31N5O2. The van der Waals surface area contributed by atoms with Gasteiger partial charge in [0, 0.05) is 57.9 Å². The van der Waals surface area contributed by atoms with Crippen LogP contribution in [0.5, 0.6) is 5.88 Å². The topological polar surface area (TPSA) is 61.8 Å². The smallest absolute Gasteiger partial charge is 0.224 e. The van der Waals surface area contributed by atoms with Crippen molar-refractivity contribution in [2.24, 2.45) is 0 Å². The largest absolute Gasteiger partial charge is 0.474 e. The summed E-state index contributed by atoms with van der Waals surface area (Å²) in [5.41, 5.74) is 2.15. The highest BCUT2D eigenvalue weighted by molar-refractivity contribution is 5.86. The van der Waals surface area contributed by atoms with Gasteiger partial charge in [-0.15, -0.1) is 0 Å². The van der Waals surface area contributed by atoms with E-state index in [0.717, 1.165) is 88.3 Å². The van der Waals surface area contributed by atoms with Crippen LogP contribution in [-0.4, -0.2) is 77.6 Å². The van der Waals surface area contributed by atoms with Gasteiger partial charge in [0.2, 0.25) is 11.8 Å². The molecule has 1 aromatic heterocycles. The number of anilines is 1. The van der Waals surface area contributed by atoms with Crippen molar-refractivity contribution >= 4 is 22.5 Å². The molecule has 0 unspecified atom stereocenters. The van der Waals surface area contributed by atoms with Gasteiger partial charge in [-0.25, -0.2) is 9.97 Å². The van der Waals surface area contributed by atoms with Crippen LogP contribution in [0.25, 0.3) is 10.9 Å². The predicted molar refractivity (Wildman–Crippen MR) is 117 cm³/mol. The molecule has 2 aromatic rings. The lowest BCUT2D eigenvalue weighted by atomic mass is 10.2. The highest BCUT2D eigenvalue weighted by atomic mass is 16.5. The number of hydrogen-bond acceptors (Lipinski definition) is 6. The van der Waals surface area contributed by atoms with Crippen molar-refractivity contribution in [2.45, 2.75) is 44.6 Å². The summed E-state index contributed by atoms with van der Waals surface area (Å²) in [5.74, 6) is 1.05. The Hall–Kier alpha value is -2.41. The molecular weight excluding hydrogens is 378 g/mol. The fraction of sp³-hybridized carbons (Fsp3) is 0.609. The number of amides is 1. The van der Waals surface area contributed by atoms with Crippen LogP contribution in [0.3, 0.4) is 0 Å². The zero-order valence-electron chi connectivity index (χ0n) is 17.6. The fourth-order valence-electron chi connectivity index (χ4n) is 4.91. The van der Waals surface area contributed by atoms with Gasteiger partial charge in [0.25, 0.3) is 0 Å². The molecule has 7 nitrogen and oxygen atoms in total. The summed E-state index contributed by atoms with van der Waals surface area (Å²) in [6.07, 6.45) is 8.38. The Kier molecular flexibility index (Phi) is 5.71. The molecule has 7 heteroatoms. The van der Waals surface area contributed by atoms with Gasteiger partial charge in [0.15, 0.2) is 0 Å². The lowest BCUT2D eigenvalue weighted by Crippen LogP contribution is -2.48. The van der Waals surface area contributed by atoms with Crippen molar-refractivity contribution in [3.8, 4) is 5.88 Å². The Bertz CT molecular complexity index is 890. The molecule has 30 heavy (non-hydrogen) atoms. The van der Waals surface area contributed by atoms with Gasteiger partial charge in [0.1, 0.15) is 12.4 Å². The first-order valence-corrected chi connectivity index (χ1v) is 11.4. The SMILES string of the molecule is O=C1CCCN1CCN1CCN(c2ccc3ncnc(OC4CCCC4)c3c2)CC1. The molecule has 1 aliphatic carbocycles. The van der Waals surface area contributed by atoms with E-state index in [9.17, 15) is 4.79 Å². The molecule has 2 saturated heterocycles. The number of benzene rings is 1. The third-order valence-electron chi connectivity index (χ3n) is 6.76.